The Morgan fingerprint density at radius 3 is 1.96 bits per heavy atom. The summed E-state index contributed by atoms with van der Waals surface area (Å²) < 4.78 is 5.86. The number of hydrogen-bond donors (Lipinski definition) is 0. The van der Waals surface area contributed by atoms with E-state index in [2.05, 4.69) is 38.1 Å². The third-order valence-electron chi connectivity index (χ3n) is 7.28. The number of ether oxygens (including phenoxy) is 1. The van der Waals surface area contributed by atoms with Gasteiger partial charge in [0, 0.05) is 0 Å². The fraction of sp³-hybridized carbons (Fsp3) is 0.760. The molecule has 2 aliphatic carbocycles. The van der Waals surface area contributed by atoms with E-state index >= 15 is 0 Å². The summed E-state index contributed by atoms with van der Waals surface area (Å²) in [6.07, 6.45) is 16.8. The molecule has 0 aromatic heterocycles. The highest BCUT2D eigenvalue weighted by Crippen LogP contribution is 2.44. The normalized spacial score (nSPS) is 29.5. The third-order valence-corrected chi connectivity index (χ3v) is 7.28. The molecule has 2 aliphatic rings. The van der Waals surface area contributed by atoms with Gasteiger partial charge in [-0.3, -0.25) is 0 Å². The summed E-state index contributed by atoms with van der Waals surface area (Å²) in [6.45, 7) is 5.47. The van der Waals surface area contributed by atoms with E-state index in [0.717, 1.165) is 36.0 Å². The van der Waals surface area contributed by atoms with Gasteiger partial charge in [0.05, 0.1) is 6.61 Å². The zero-order chi connectivity index (χ0) is 18.2. The number of rotatable bonds is 8. The molecule has 0 spiro atoms. The SMILES string of the molecule is CCCCCOc1ccc(C2CCC(C3CCC(CC)CC3)CC2)cc1. The predicted molar refractivity (Wildman–Crippen MR) is 112 cm³/mol. The Hall–Kier alpha value is -0.980. The van der Waals surface area contributed by atoms with E-state index in [1.165, 1.54) is 77.0 Å². The lowest BCUT2D eigenvalue weighted by Crippen LogP contribution is -2.25. The minimum absolute atomic E-state index is 0.785. The topological polar surface area (TPSA) is 9.23 Å². The molecule has 3 rings (SSSR count). The molecule has 0 aliphatic heterocycles. The molecular weight excluding hydrogens is 316 g/mol. The molecule has 0 atom stereocenters. The Bertz CT molecular complexity index is 489. The predicted octanol–water partition coefficient (Wildman–Crippen LogP) is 7.75. The van der Waals surface area contributed by atoms with Crippen LogP contribution in [-0.4, -0.2) is 6.61 Å². The van der Waals surface area contributed by atoms with Crippen molar-refractivity contribution in [1.29, 1.82) is 0 Å². The third kappa shape index (κ3) is 5.51. The van der Waals surface area contributed by atoms with Crippen molar-refractivity contribution in [1.82, 2.24) is 0 Å². The molecule has 1 aromatic rings. The second kappa shape index (κ2) is 10.4. The van der Waals surface area contributed by atoms with Gasteiger partial charge in [-0.1, -0.05) is 58.1 Å². The highest BCUT2D eigenvalue weighted by molar-refractivity contribution is 5.29. The van der Waals surface area contributed by atoms with Crippen LogP contribution >= 0.6 is 0 Å². The first kappa shape index (κ1) is 19.8. The van der Waals surface area contributed by atoms with Crippen LogP contribution in [0.25, 0.3) is 0 Å². The van der Waals surface area contributed by atoms with Gasteiger partial charge >= 0.3 is 0 Å². The first-order valence-electron chi connectivity index (χ1n) is 11.5. The van der Waals surface area contributed by atoms with E-state index in [4.69, 9.17) is 4.74 Å². The summed E-state index contributed by atoms with van der Waals surface area (Å²) >= 11 is 0. The van der Waals surface area contributed by atoms with Gasteiger partial charge < -0.3 is 4.74 Å². The fourth-order valence-electron chi connectivity index (χ4n) is 5.37. The van der Waals surface area contributed by atoms with Gasteiger partial charge in [-0.2, -0.15) is 0 Å². The minimum Gasteiger partial charge on any atom is -0.494 e. The molecule has 0 unspecified atom stereocenters. The zero-order valence-corrected chi connectivity index (χ0v) is 17.2. The van der Waals surface area contributed by atoms with Crippen LogP contribution in [-0.2, 0) is 0 Å². The summed E-state index contributed by atoms with van der Waals surface area (Å²) in [5.41, 5.74) is 1.54. The van der Waals surface area contributed by atoms with Gasteiger partial charge in [-0.15, -0.1) is 0 Å². The molecule has 1 nitrogen and oxygen atoms in total. The van der Waals surface area contributed by atoms with Crippen LogP contribution < -0.4 is 4.74 Å². The molecule has 1 heteroatoms. The van der Waals surface area contributed by atoms with E-state index in [1.807, 2.05) is 0 Å². The second-order valence-electron chi connectivity index (χ2n) is 8.93. The lowest BCUT2D eigenvalue weighted by atomic mass is 9.68. The van der Waals surface area contributed by atoms with Gasteiger partial charge in [0.25, 0.3) is 0 Å². The van der Waals surface area contributed by atoms with E-state index in [0.29, 0.717) is 0 Å². The maximum Gasteiger partial charge on any atom is 0.119 e. The van der Waals surface area contributed by atoms with Crippen molar-refractivity contribution in [3.05, 3.63) is 29.8 Å². The molecule has 0 heterocycles. The smallest absolute Gasteiger partial charge is 0.119 e. The van der Waals surface area contributed by atoms with Crippen molar-refractivity contribution in [2.45, 2.75) is 96.8 Å². The van der Waals surface area contributed by atoms with Gasteiger partial charge in [0.15, 0.2) is 0 Å². The number of hydrogen-bond acceptors (Lipinski definition) is 1. The van der Waals surface area contributed by atoms with Crippen LogP contribution in [0.15, 0.2) is 24.3 Å². The molecular formula is C25H40O. The molecule has 0 bridgehead atoms. The molecule has 0 N–H and O–H groups in total. The monoisotopic (exact) mass is 356 g/mol. The first-order valence-corrected chi connectivity index (χ1v) is 11.5. The van der Waals surface area contributed by atoms with Crippen molar-refractivity contribution in [2.24, 2.45) is 17.8 Å². The second-order valence-corrected chi connectivity index (χ2v) is 8.93. The molecule has 2 saturated carbocycles. The average molecular weight is 357 g/mol. The van der Waals surface area contributed by atoms with Crippen LogP contribution in [0.4, 0.5) is 0 Å². The summed E-state index contributed by atoms with van der Waals surface area (Å²) in [6, 6.07) is 9.04. The molecule has 0 saturated heterocycles. The van der Waals surface area contributed by atoms with Crippen LogP contribution in [0.3, 0.4) is 0 Å². The van der Waals surface area contributed by atoms with Crippen molar-refractivity contribution in [2.75, 3.05) is 6.61 Å². The van der Waals surface area contributed by atoms with Crippen LogP contribution in [0, 0.1) is 17.8 Å². The van der Waals surface area contributed by atoms with Crippen LogP contribution in [0.1, 0.15) is 102 Å². The highest BCUT2D eigenvalue weighted by atomic mass is 16.5. The quantitative estimate of drug-likeness (QED) is 0.433. The number of benzene rings is 1. The van der Waals surface area contributed by atoms with Crippen molar-refractivity contribution >= 4 is 0 Å². The Morgan fingerprint density at radius 2 is 1.38 bits per heavy atom. The summed E-state index contributed by atoms with van der Waals surface area (Å²) in [4.78, 5) is 0. The van der Waals surface area contributed by atoms with E-state index < -0.39 is 0 Å². The standard InChI is InChI=1S/C25H40O/c1-3-5-6-19-26-25-17-15-24(16-18-25)23-13-11-22(12-14-23)21-9-7-20(4-2)8-10-21/h15-18,20-23H,3-14,19H2,1-2H3. The molecule has 26 heavy (non-hydrogen) atoms. The Balaban J connectivity index is 1.41. The van der Waals surface area contributed by atoms with E-state index in [9.17, 15) is 0 Å². The molecule has 1 aromatic carbocycles. The minimum atomic E-state index is 0.785. The van der Waals surface area contributed by atoms with Crippen molar-refractivity contribution < 1.29 is 4.74 Å². The lowest BCUT2D eigenvalue weighted by Gasteiger charge is -2.38. The molecule has 0 radical (unpaired) electrons. The summed E-state index contributed by atoms with van der Waals surface area (Å²) in [5, 5.41) is 0. The lowest BCUT2D eigenvalue weighted by molar-refractivity contribution is 0.158. The van der Waals surface area contributed by atoms with E-state index in [-0.39, 0.29) is 0 Å². The van der Waals surface area contributed by atoms with Gasteiger partial charge in [-0.05, 0) is 86.3 Å². The van der Waals surface area contributed by atoms with Crippen LogP contribution in [0.2, 0.25) is 0 Å². The summed E-state index contributed by atoms with van der Waals surface area (Å²) in [5.74, 6) is 4.92. The van der Waals surface area contributed by atoms with Crippen LogP contribution in [0.5, 0.6) is 5.75 Å². The van der Waals surface area contributed by atoms with Crippen molar-refractivity contribution in [3.63, 3.8) is 0 Å². The maximum absolute atomic E-state index is 5.86. The Morgan fingerprint density at radius 1 is 0.769 bits per heavy atom. The highest BCUT2D eigenvalue weighted by Gasteiger charge is 2.30. The van der Waals surface area contributed by atoms with Gasteiger partial charge in [0.2, 0.25) is 0 Å². The molecule has 2 fully saturated rings. The molecule has 146 valence electrons. The maximum atomic E-state index is 5.86. The van der Waals surface area contributed by atoms with Gasteiger partial charge in [0.1, 0.15) is 5.75 Å². The van der Waals surface area contributed by atoms with Gasteiger partial charge in [-0.25, -0.2) is 0 Å². The van der Waals surface area contributed by atoms with E-state index in [1.54, 1.807) is 5.56 Å². The largest absolute Gasteiger partial charge is 0.494 e. The van der Waals surface area contributed by atoms with Crippen molar-refractivity contribution in [3.8, 4) is 5.75 Å². The zero-order valence-electron chi connectivity index (χ0n) is 17.2. The Kier molecular flexibility index (Phi) is 7.89. The average Bonchev–Trinajstić information content (AvgIpc) is 2.72. The first-order chi connectivity index (χ1) is 12.8. The fourth-order valence-corrected chi connectivity index (χ4v) is 5.37. The number of unbranched alkanes of at least 4 members (excludes halogenated alkanes) is 2. The summed E-state index contributed by atoms with van der Waals surface area (Å²) in [7, 11) is 0. The Labute approximate surface area is 161 Å². The molecule has 0 amide bonds.